The van der Waals surface area contributed by atoms with Gasteiger partial charge in [0.05, 0.1) is 28.2 Å². The molecule has 244 valence electrons. The van der Waals surface area contributed by atoms with Crippen LogP contribution in [0.15, 0.2) is 169 Å². The molecule has 0 N–H and O–H groups in total. The fourth-order valence-electron chi connectivity index (χ4n) is 8.28. The molecule has 9 aromatic rings. The van der Waals surface area contributed by atoms with E-state index >= 15 is 0 Å². The van der Waals surface area contributed by atoms with E-state index in [9.17, 15) is 0 Å². The highest BCUT2D eigenvalue weighted by Gasteiger charge is 2.53. The Morgan fingerprint density at radius 3 is 1.81 bits per heavy atom. The lowest BCUT2D eigenvalue weighted by molar-refractivity contribution is 0.757. The first-order valence-electron chi connectivity index (χ1n) is 17.3. The summed E-state index contributed by atoms with van der Waals surface area (Å²) >= 11 is 3.72. The average molecular weight is 701 g/mol. The van der Waals surface area contributed by atoms with Crippen molar-refractivity contribution in [2.75, 3.05) is 4.90 Å². The van der Waals surface area contributed by atoms with Crippen LogP contribution in [0.4, 0.5) is 17.1 Å². The van der Waals surface area contributed by atoms with Gasteiger partial charge in [-0.2, -0.15) is 0 Å². The van der Waals surface area contributed by atoms with Gasteiger partial charge in [-0.15, -0.1) is 22.7 Å². The van der Waals surface area contributed by atoms with Crippen molar-refractivity contribution in [3.8, 4) is 43.8 Å². The van der Waals surface area contributed by atoms with Crippen LogP contribution in [0.3, 0.4) is 0 Å². The van der Waals surface area contributed by atoms with E-state index in [1.54, 1.807) is 6.20 Å². The predicted octanol–water partition coefficient (Wildman–Crippen LogP) is 12.3. The molecule has 5 aromatic carbocycles. The number of rotatable bonds is 4. The van der Waals surface area contributed by atoms with Crippen LogP contribution in [0, 0.1) is 0 Å². The number of para-hydroxylation sites is 1. The van der Waals surface area contributed by atoms with Crippen molar-refractivity contribution in [1.82, 2.24) is 15.0 Å². The Morgan fingerprint density at radius 2 is 1.10 bits per heavy atom. The van der Waals surface area contributed by atoms with E-state index in [-0.39, 0.29) is 0 Å². The Balaban J connectivity index is 1.11. The van der Waals surface area contributed by atoms with Crippen molar-refractivity contribution < 1.29 is 0 Å². The van der Waals surface area contributed by atoms with Crippen LogP contribution in [-0.2, 0) is 5.41 Å². The molecule has 0 bridgehead atoms. The molecule has 0 radical (unpaired) electrons. The van der Waals surface area contributed by atoms with Crippen molar-refractivity contribution in [1.29, 1.82) is 0 Å². The van der Waals surface area contributed by atoms with Crippen LogP contribution in [0.25, 0.3) is 54.6 Å². The van der Waals surface area contributed by atoms with Gasteiger partial charge >= 0.3 is 0 Å². The van der Waals surface area contributed by atoms with E-state index in [1.807, 2.05) is 59.1 Å². The van der Waals surface area contributed by atoms with Gasteiger partial charge in [0.15, 0.2) is 5.82 Å². The molecule has 11 rings (SSSR count). The zero-order chi connectivity index (χ0) is 34.2. The van der Waals surface area contributed by atoms with E-state index in [2.05, 4.69) is 136 Å². The second kappa shape index (κ2) is 11.4. The smallest absolute Gasteiger partial charge is 0.179 e. The molecule has 52 heavy (non-hydrogen) atoms. The summed E-state index contributed by atoms with van der Waals surface area (Å²) in [5.41, 5.74) is 13.0. The Morgan fingerprint density at radius 1 is 0.462 bits per heavy atom. The molecule has 0 atom stereocenters. The van der Waals surface area contributed by atoms with Crippen LogP contribution in [0.2, 0.25) is 0 Å². The maximum atomic E-state index is 5.04. The topological polar surface area (TPSA) is 41.9 Å². The van der Waals surface area contributed by atoms with Crippen LogP contribution >= 0.6 is 22.7 Å². The van der Waals surface area contributed by atoms with Crippen LogP contribution < -0.4 is 4.90 Å². The monoisotopic (exact) mass is 700 g/mol. The first kappa shape index (κ1) is 29.5. The number of anilines is 3. The lowest BCUT2D eigenvalue weighted by Gasteiger charge is -2.44. The van der Waals surface area contributed by atoms with Gasteiger partial charge in [-0.05, 0) is 104 Å². The minimum atomic E-state index is -0.395. The van der Waals surface area contributed by atoms with Crippen molar-refractivity contribution in [2.45, 2.75) is 5.41 Å². The fourth-order valence-corrected chi connectivity index (χ4v) is 10.4. The molecule has 1 aliphatic carbocycles. The van der Waals surface area contributed by atoms with Crippen molar-refractivity contribution >= 4 is 50.5 Å². The maximum absolute atomic E-state index is 5.04. The van der Waals surface area contributed by atoms with Gasteiger partial charge in [0.25, 0.3) is 0 Å². The molecule has 2 aliphatic rings. The van der Waals surface area contributed by atoms with E-state index in [1.165, 1.54) is 54.2 Å². The Labute approximate surface area is 309 Å². The average Bonchev–Trinajstić information content (AvgIpc) is 3.95. The van der Waals surface area contributed by atoms with Gasteiger partial charge in [0, 0.05) is 32.8 Å². The number of thiophene rings is 2. The molecule has 1 spiro atoms. The quantitative estimate of drug-likeness (QED) is 0.183. The number of nitrogens with zero attached hydrogens (tertiary/aromatic N) is 4. The Bertz CT molecular complexity index is 2710. The number of benzene rings is 5. The Hall–Kier alpha value is -6.21. The summed E-state index contributed by atoms with van der Waals surface area (Å²) in [7, 11) is 0. The normalized spacial score (nSPS) is 13.5. The molecule has 5 heterocycles. The molecule has 1 aliphatic heterocycles. The van der Waals surface area contributed by atoms with Gasteiger partial charge in [-0.25, -0.2) is 9.97 Å². The first-order valence-corrected chi connectivity index (χ1v) is 19.1. The minimum Gasteiger partial charge on any atom is -0.310 e. The third kappa shape index (κ3) is 4.22. The number of aromatic nitrogens is 3. The summed E-state index contributed by atoms with van der Waals surface area (Å²) in [6.07, 6.45) is 1.79. The highest BCUT2D eigenvalue weighted by molar-refractivity contribution is 7.21. The van der Waals surface area contributed by atoms with Crippen LogP contribution in [0.1, 0.15) is 22.3 Å². The van der Waals surface area contributed by atoms with Crippen molar-refractivity contribution in [2.24, 2.45) is 0 Å². The van der Waals surface area contributed by atoms with Gasteiger partial charge in [0.1, 0.15) is 5.69 Å². The number of hydrogen-bond donors (Lipinski definition) is 0. The molecule has 4 nitrogen and oxygen atoms in total. The molecular weight excluding hydrogens is 673 g/mol. The fraction of sp³-hybridized carbons (Fsp3) is 0.0217. The van der Waals surface area contributed by atoms with E-state index in [0.29, 0.717) is 5.82 Å². The van der Waals surface area contributed by atoms with E-state index in [0.717, 1.165) is 33.9 Å². The van der Waals surface area contributed by atoms with Crippen molar-refractivity contribution in [3.05, 3.63) is 191 Å². The summed E-state index contributed by atoms with van der Waals surface area (Å²) < 4.78 is 0. The molecule has 0 unspecified atom stereocenters. The summed E-state index contributed by atoms with van der Waals surface area (Å²) in [6.45, 7) is 0. The SMILES string of the molecule is c1ccc(-c2cc(-c3ccc(N4c5ccccc5C5(c6cc7ccccc7cc64)c4ccsc4-c4sccc45)cc3)nc(-c3ccccn3)n2)cc1. The first-order chi connectivity index (χ1) is 25.8. The van der Waals surface area contributed by atoms with Gasteiger partial charge in [0.2, 0.25) is 0 Å². The standard InChI is InChI=1S/C46H28N4S2/c1-2-10-29(11-3-1)39-28-40(49-45(48-39)38-15-8-9-23-47-38)30-17-19-33(20-18-30)50-41-16-7-6-14-34(41)46(35-21-24-51-43(35)44-36(46)22-25-52-44)37-26-31-12-4-5-13-32(31)27-42(37)50/h1-28H. The highest BCUT2D eigenvalue weighted by atomic mass is 32.1. The van der Waals surface area contributed by atoms with E-state index in [4.69, 9.17) is 9.97 Å². The Kier molecular flexibility index (Phi) is 6.47. The van der Waals surface area contributed by atoms with Gasteiger partial charge < -0.3 is 4.90 Å². The molecule has 6 heteroatoms. The largest absolute Gasteiger partial charge is 0.310 e. The third-order valence-electron chi connectivity index (χ3n) is 10.5. The summed E-state index contributed by atoms with van der Waals surface area (Å²) in [5, 5.41) is 7.00. The van der Waals surface area contributed by atoms with Crippen LogP contribution in [0.5, 0.6) is 0 Å². The lowest BCUT2D eigenvalue weighted by atomic mass is 9.65. The summed E-state index contributed by atoms with van der Waals surface area (Å²) in [4.78, 5) is 19.8. The summed E-state index contributed by atoms with van der Waals surface area (Å²) in [6, 6.07) is 54.3. The highest BCUT2D eigenvalue weighted by Crippen LogP contribution is 2.65. The number of hydrogen-bond acceptors (Lipinski definition) is 6. The number of fused-ring (bicyclic) bond motifs is 10. The van der Waals surface area contributed by atoms with E-state index < -0.39 is 5.41 Å². The van der Waals surface area contributed by atoms with Crippen LogP contribution in [-0.4, -0.2) is 15.0 Å². The maximum Gasteiger partial charge on any atom is 0.179 e. The third-order valence-corrected chi connectivity index (χ3v) is 12.5. The molecule has 0 fully saturated rings. The molecule has 4 aromatic heterocycles. The summed E-state index contributed by atoms with van der Waals surface area (Å²) in [5.74, 6) is 0.606. The minimum absolute atomic E-state index is 0.395. The lowest BCUT2D eigenvalue weighted by Crippen LogP contribution is -2.35. The zero-order valence-corrected chi connectivity index (χ0v) is 29.4. The molecule has 0 saturated carbocycles. The second-order valence-electron chi connectivity index (χ2n) is 13.2. The number of pyridine rings is 1. The second-order valence-corrected chi connectivity index (χ2v) is 15.1. The zero-order valence-electron chi connectivity index (χ0n) is 27.8. The molecular formula is C46H28N4S2. The van der Waals surface area contributed by atoms with Gasteiger partial charge in [-0.3, -0.25) is 4.98 Å². The van der Waals surface area contributed by atoms with Crippen molar-refractivity contribution in [3.63, 3.8) is 0 Å². The molecule has 0 amide bonds. The van der Waals surface area contributed by atoms with Gasteiger partial charge in [-0.1, -0.05) is 91.0 Å². The molecule has 0 saturated heterocycles. The predicted molar refractivity (Wildman–Crippen MR) is 215 cm³/mol.